The summed E-state index contributed by atoms with van der Waals surface area (Å²) in [4.78, 5) is 23.0. The Morgan fingerprint density at radius 2 is 1.94 bits per heavy atom. The van der Waals surface area contributed by atoms with Gasteiger partial charge in [0.05, 0.1) is 12.6 Å². The first kappa shape index (κ1) is 10.4. The van der Waals surface area contributed by atoms with Gasteiger partial charge in [-0.05, 0) is 12.1 Å². The SMILES string of the molecule is COC(=O)c1cc2ccccc2n1C(C)=O. The van der Waals surface area contributed by atoms with Crippen LogP contribution in [0.4, 0.5) is 0 Å². The van der Waals surface area contributed by atoms with Crippen LogP contribution in [0.3, 0.4) is 0 Å². The summed E-state index contributed by atoms with van der Waals surface area (Å²) in [5.41, 5.74) is 0.978. The van der Waals surface area contributed by atoms with Crippen LogP contribution in [0.15, 0.2) is 30.3 Å². The van der Waals surface area contributed by atoms with Crippen molar-refractivity contribution in [1.82, 2.24) is 4.57 Å². The van der Waals surface area contributed by atoms with E-state index in [0.717, 1.165) is 10.9 Å². The van der Waals surface area contributed by atoms with E-state index in [0.29, 0.717) is 0 Å². The molecule has 4 nitrogen and oxygen atoms in total. The van der Waals surface area contributed by atoms with Crippen LogP contribution >= 0.6 is 0 Å². The van der Waals surface area contributed by atoms with E-state index < -0.39 is 5.97 Å². The zero-order chi connectivity index (χ0) is 11.7. The number of carbonyl (C=O) groups is 2. The number of methoxy groups -OCH3 is 1. The van der Waals surface area contributed by atoms with Gasteiger partial charge in [-0.15, -0.1) is 0 Å². The zero-order valence-electron chi connectivity index (χ0n) is 9.06. The lowest BCUT2D eigenvalue weighted by Crippen LogP contribution is -2.14. The van der Waals surface area contributed by atoms with Crippen molar-refractivity contribution in [2.24, 2.45) is 0 Å². The number of rotatable bonds is 1. The number of carbonyl (C=O) groups excluding carboxylic acids is 2. The van der Waals surface area contributed by atoms with Gasteiger partial charge in [0, 0.05) is 12.3 Å². The molecule has 0 N–H and O–H groups in total. The van der Waals surface area contributed by atoms with Crippen LogP contribution in [-0.4, -0.2) is 23.6 Å². The monoisotopic (exact) mass is 217 g/mol. The van der Waals surface area contributed by atoms with Gasteiger partial charge in [0.15, 0.2) is 0 Å². The summed E-state index contributed by atoms with van der Waals surface area (Å²) in [7, 11) is 1.30. The molecule has 16 heavy (non-hydrogen) atoms. The Morgan fingerprint density at radius 1 is 1.25 bits per heavy atom. The van der Waals surface area contributed by atoms with Crippen molar-refractivity contribution < 1.29 is 14.3 Å². The van der Waals surface area contributed by atoms with Crippen molar-refractivity contribution in [2.75, 3.05) is 7.11 Å². The van der Waals surface area contributed by atoms with Gasteiger partial charge in [-0.25, -0.2) is 4.79 Å². The first-order valence-electron chi connectivity index (χ1n) is 4.85. The van der Waals surface area contributed by atoms with Crippen LogP contribution in [-0.2, 0) is 4.74 Å². The second kappa shape index (κ2) is 3.81. The molecule has 82 valence electrons. The Balaban J connectivity index is 2.78. The highest BCUT2D eigenvalue weighted by Crippen LogP contribution is 2.20. The van der Waals surface area contributed by atoms with E-state index in [1.807, 2.05) is 18.2 Å². The van der Waals surface area contributed by atoms with E-state index >= 15 is 0 Å². The van der Waals surface area contributed by atoms with Gasteiger partial charge in [-0.2, -0.15) is 0 Å². The first-order valence-corrected chi connectivity index (χ1v) is 4.85. The Hall–Kier alpha value is -2.10. The molecule has 0 bridgehead atoms. The molecule has 0 aliphatic heterocycles. The third kappa shape index (κ3) is 1.48. The molecule has 0 aliphatic rings. The number of hydrogen-bond donors (Lipinski definition) is 0. The fourth-order valence-electron chi connectivity index (χ4n) is 1.75. The Kier molecular flexibility index (Phi) is 2.48. The number of ether oxygens (including phenoxy) is 1. The van der Waals surface area contributed by atoms with Gasteiger partial charge >= 0.3 is 5.97 Å². The number of esters is 1. The summed E-state index contributed by atoms with van der Waals surface area (Å²) in [6.45, 7) is 1.42. The summed E-state index contributed by atoms with van der Waals surface area (Å²) < 4.78 is 6.01. The molecule has 4 heteroatoms. The minimum atomic E-state index is -0.508. The molecule has 0 spiro atoms. The second-order valence-corrected chi connectivity index (χ2v) is 3.43. The lowest BCUT2D eigenvalue weighted by Gasteiger charge is -2.03. The minimum Gasteiger partial charge on any atom is -0.464 e. The van der Waals surface area contributed by atoms with Crippen LogP contribution in [0.5, 0.6) is 0 Å². The van der Waals surface area contributed by atoms with Gasteiger partial charge in [0.25, 0.3) is 0 Å². The molecule has 1 aromatic carbocycles. The maximum Gasteiger partial charge on any atom is 0.355 e. The van der Waals surface area contributed by atoms with Crippen LogP contribution in [0, 0.1) is 0 Å². The zero-order valence-corrected chi connectivity index (χ0v) is 9.06. The van der Waals surface area contributed by atoms with Gasteiger partial charge in [-0.1, -0.05) is 18.2 Å². The van der Waals surface area contributed by atoms with E-state index in [2.05, 4.69) is 4.74 Å². The lowest BCUT2D eigenvalue weighted by atomic mass is 10.2. The van der Waals surface area contributed by atoms with Crippen LogP contribution in [0.25, 0.3) is 10.9 Å². The molecule has 0 amide bonds. The predicted octanol–water partition coefficient (Wildman–Crippen LogP) is 2.09. The summed E-state index contributed by atoms with van der Waals surface area (Å²) >= 11 is 0. The Labute approximate surface area is 92.4 Å². The highest BCUT2D eigenvalue weighted by Gasteiger charge is 2.17. The summed E-state index contributed by atoms with van der Waals surface area (Å²) in [5.74, 6) is -0.715. The Morgan fingerprint density at radius 3 is 2.56 bits per heavy atom. The highest BCUT2D eigenvalue weighted by atomic mass is 16.5. The molecule has 0 unspecified atom stereocenters. The lowest BCUT2D eigenvalue weighted by molar-refractivity contribution is 0.0583. The van der Waals surface area contributed by atoms with E-state index in [-0.39, 0.29) is 11.6 Å². The normalized spacial score (nSPS) is 10.4. The molecule has 0 aliphatic carbocycles. The van der Waals surface area contributed by atoms with E-state index in [9.17, 15) is 9.59 Å². The largest absolute Gasteiger partial charge is 0.464 e. The van der Waals surface area contributed by atoms with Crippen molar-refractivity contribution in [1.29, 1.82) is 0 Å². The van der Waals surface area contributed by atoms with E-state index in [4.69, 9.17) is 0 Å². The van der Waals surface area contributed by atoms with Crippen molar-refractivity contribution in [3.8, 4) is 0 Å². The number of fused-ring (bicyclic) bond motifs is 1. The molecule has 0 radical (unpaired) electrons. The van der Waals surface area contributed by atoms with E-state index in [1.165, 1.54) is 18.6 Å². The molecule has 0 atom stereocenters. The highest BCUT2D eigenvalue weighted by molar-refractivity contribution is 6.02. The van der Waals surface area contributed by atoms with Crippen molar-refractivity contribution in [2.45, 2.75) is 6.92 Å². The first-order chi connectivity index (χ1) is 7.65. The van der Waals surface area contributed by atoms with Crippen molar-refractivity contribution >= 4 is 22.8 Å². The molecule has 0 fully saturated rings. The smallest absolute Gasteiger partial charge is 0.355 e. The van der Waals surface area contributed by atoms with Crippen LogP contribution in [0.1, 0.15) is 22.2 Å². The maximum absolute atomic E-state index is 11.5. The summed E-state index contributed by atoms with van der Waals surface area (Å²) in [5, 5.41) is 0.845. The molecule has 0 saturated carbocycles. The predicted molar refractivity (Wildman–Crippen MR) is 59.6 cm³/mol. The van der Waals surface area contributed by atoms with Gasteiger partial charge in [0.1, 0.15) is 5.69 Å². The second-order valence-electron chi connectivity index (χ2n) is 3.43. The molecule has 2 rings (SSSR count). The quantitative estimate of drug-likeness (QED) is 0.687. The summed E-state index contributed by atoms with van der Waals surface area (Å²) in [6, 6.07) is 8.98. The standard InChI is InChI=1S/C12H11NO3/c1-8(14)13-10-6-4-3-5-9(10)7-11(13)12(15)16-2/h3-7H,1-2H3. The van der Waals surface area contributed by atoms with Crippen molar-refractivity contribution in [3.05, 3.63) is 36.0 Å². The Bertz CT molecular complexity index is 569. The average Bonchev–Trinajstić information content (AvgIpc) is 2.67. The molecular weight excluding hydrogens is 206 g/mol. The van der Waals surface area contributed by atoms with E-state index in [1.54, 1.807) is 12.1 Å². The molecule has 2 aromatic rings. The fourth-order valence-corrected chi connectivity index (χ4v) is 1.75. The van der Waals surface area contributed by atoms with Gasteiger partial charge < -0.3 is 4.74 Å². The fraction of sp³-hybridized carbons (Fsp3) is 0.167. The van der Waals surface area contributed by atoms with Gasteiger partial charge in [0.2, 0.25) is 5.91 Å². The third-order valence-electron chi connectivity index (χ3n) is 2.42. The van der Waals surface area contributed by atoms with Crippen molar-refractivity contribution in [3.63, 3.8) is 0 Å². The van der Waals surface area contributed by atoms with Crippen LogP contribution < -0.4 is 0 Å². The topological polar surface area (TPSA) is 48.3 Å². The third-order valence-corrected chi connectivity index (χ3v) is 2.42. The van der Waals surface area contributed by atoms with Crippen LogP contribution in [0.2, 0.25) is 0 Å². The molecule has 0 saturated heterocycles. The summed E-state index contributed by atoms with van der Waals surface area (Å²) in [6.07, 6.45) is 0. The number of hydrogen-bond acceptors (Lipinski definition) is 3. The number of benzene rings is 1. The average molecular weight is 217 g/mol. The molecule has 1 heterocycles. The maximum atomic E-state index is 11.5. The minimum absolute atomic E-state index is 0.207. The number of para-hydroxylation sites is 1. The molecule has 1 aromatic heterocycles. The van der Waals surface area contributed by atoms with Gasteiger partial charge in [-0.3, -0.25) is 9.36 Å². The number of aromatic nitrogens is 1. The number of nitrogens with zero attached hydrogens (tertiary/aromatic N) is 1. The molecular formula is C12H11NO3.